The molecule has 1 aromatic rings. The van der Waals surface area contributed by atoms with Gasteiger partial charge in [-0.1, -0.05) is 6.92 Å². The summed E-state index contributed by atoms with van der Waals surface area (Å²) in [6, 6.07) is 2.00. The Labute approximate surface area is 111 Å². The van der Waals surface area contributed by atoms with E-state index >= 15 is 0 Å². The molecule has 1 aliphatic rings. The third kappa shape index (κ3) is 3.32. The Balaban J connectivity index is 1.72. The molecular weight excluding hydrogens is 248 g/mol. The molecule has 2 amide bonds. The summed E-state index contributed by atoms with van der Waals surface area (Å²) in [6.45, 7) is 2.75. The fraction of sp³-hybridized carbons (Fsp3) is 0.538. The van der Waals surface area contributed by atoms with Crippen molar-refractivity contribution < 1.29 is 9.59 Å². The molecule has 0 unspecified atom stereocenters. The van der Waals surface area contributed by atoms with Crippen LogP contribution in [-0.2, 0) is 16.1 Å². The van der Waals surface area contributed by atoms with E-state index in [9.17, 15) is 9.59 Å². The molecule has 0 bridgehead atoms. The first-order valence-electron chi connectivity index (χ1n) is 6.10. The van der Waals surface area contributed by atoms with Crippen molar-refractivity contribution in [1.29, 1.82) is 0 Å². The lowest BCUT2D eigenvalue weighted by Gasteiger charge is -2.16. The van der Waals surface area contributed by atoms with Crippen molar-refractivity contribution in [2.24, 2.45) is 11.8 Å². The second kappa shape index (κ2) is 5.52. The lowest BCUT2D eigenvalue weighted by molar-refractivity contribution is -0.132. The zero-order valence-electron chi connectivity index (χ0n) is 10.7. The summed E-state index contributed by atoms with van der Waals surface area (Å²) in [7, 11) is 1.76. The minimum absolute atomic E-state index is 0.0137. The zero-order chi connectivity index (χ0) is 13.1. The fourth-order valence-corrected chi connectivity index (χ4v) is 2.52. The lowest BCUT2D eigenvalue weighted by Crippen LogP contribution is -2.38. The van der Waals surface area contributed by atoms with E-state index in [0.29, 0.717) is 12.5 Å². The summed E-state index contributed by atoms with van der Waals surface area (Å²) in [5.41, 5.74) is 1.12. The van der Waals surface area contributed by atoms with Crippen LogP contribution in [0, 0.1) is 11.8 Å². The van der Waals surface area contributed by atoms with E-state index in [-0.39, 0.29) is 24.3 Å². The van der Waals surface area contributed by atoms with Crippen LogP contribution in [0.25, 0.3) is 0 Å². The largest absolute Gasteiger partial charge is 0.347 e. The van der Waals surface area contributed by atoms with Gasteiger partial charge in [0.05, 0.1) is 6.54 Å². The Bertz CT molecular complexity index is 430. The zero-order valence-corrected chi connectivity index (χ0v) is 11.5. The van der Waals surface area contributed by atoms with E-state index in [2.05, 4.69) is 12.2 Å². The summed E-state index contributed by atoms with van der Waals surface area (Å²) < 4.78 is 0. The summed E-state index contributed by atoms with van der Waals surface area (Å²) in [4.78, 5) is 25.0. The Morgan fingerprint density at radius 1 is 1.56 bits per heavy atom. The quantitative estimate of drug-likeness (QED) is 0.877. The highest BCUT2D eigenvalue weighted by Gasteiger charge is 2.39. The molecule has 0 aliphatic heterocycles. The van der Waals surface area contributed by atoms with Crippen molar-refractivity contribution in [3.05, 3.63) is 22.4 Å². The molecule has 1 heterocycles. The van der Waals surface area contributed by atoms with Crippen molar-refractivity contribution in [2.75, 3.05) is 13.6 Å². The highest BCUT2D eigenvalue weighted by atomic mass is 32.1. The third-order valence-corrected chi connectivity index (χ3v) is 4.02. The van der Waals surface area contributed by atoms with Crippen LogP contribution in [0.5, 0.6) is 0 Å². The standard InChI is InChI=1S/C13H18N2O2S/c1-9-5-11(9)13(17)14-6-12(16)15(2)7-10-3-4-18-8-10/h3-4,8-9,11H,5-7H2,1-2H3,(H,14,17)/t9-,11+/m1/s1. The van der Waals surface area contributed by atoms with Crippen LogP contribution in [0.3, 0.4) is 0 Å². The minimum Gasteiger partial charge on any atom is -0.347 e. The van der Waals surface area contributed by atoms with E-state index in [1.54, 1.807) is 23.3 Å². The fourth-order valence-electron chi connectivity index (χ4n) is 1.86. The second-order valence-corrected chi connectivity index (χ2v) is 5.70. The topological polar surface area (TPSA) is 49.4 Å². The number of carbonyl (C=O) groups excluding carboxylic acids is 2. The summed E-state index contributed by atoms with van der Waals surface area (Å²) in [5.74, 6) is 0.561. The van der Waals surface area contributed by atoms with Crippen LogP contribution in [0.1, 0.15) is 18.9 Å². The first kappa shape index (κ1) is 13.1. The number of nitrogens with zero attached hydrogens (tertiary/aromatic N) is 1. The van der Waals surface area contributed by atoms with Gasteiger partial charge in [-0.25, -0.2) is 0 Å². The van der Waals surface area contributed by atoms with Crippen LogP contribution in [0.4, 0.5) is 0 Å². The number of amides is 2. The van der Waals surface area contributed by atoms with E-state index in [1.807, 2.05) is 16.8 Å². The first-order valence-corrected chi connectivity index (χ1v) is 7.05. The first-order chi connectivity index (χ1) is 8.58. The molecule has 0 radical (unpaired) electrons. The molecule has 18 heavy (non-hydrogen) atoms. The predicted octanol–water partition coefficient (Wildman–Crippen LogP) is 1.48. The molecule has 2 rings (SSSR count). The molecule has 0 saturated heterocycles. The molecule has 98 valence electrons. The third-order valence-electron chi connectivity index (χ3n) is 3.29. The Morgan fingerprint density at radius 3 is 2.83 bits per heavy atom. The lowest BCUT2D eigenvalue weighted by atomic mass is 10.3. The van der Waals surface area contributed by atoms with Gasteiger partial charge >= 0.3 is 0 Å². The van der Waals surface area contributed by atoms with Crippen LogP contribution in [0.2, 0.25) is 0 Å². The molecule has 2 atom stereocenters. The van der Waals surface area contributed by atoms with Crippen molar-refractivity contribution >= 4 is 23.2 Å². The van der Waals surface area contributed by atoms with Crippen LogP contribution >= 0.6 is 11.3 Å². The van der Waals surface area contributed by atoms with Gasteiger partial charge in [0.1, 0.15) is 0 Å². The molecular formula is C13H18N2O2S. The number of likely N-dealkylation sites (N-methyl/N-ethyl adjacent to an activating group) is 1. The summed E-state index contributed by atoms with van der Waals surface area (Å²) in [6.07, 6.45) is 0.949. The van der Waals surface area contributed by atoms with Gasteiger partial charge in [0, 0.05) is 19.5 Å². The molecule has 4 nitrogen and oxygen atoms in total. The van der Waals surface area contributed by atoms with E-state index in [4.69, 9.17) is 0 Å². The second-order valence-electron chi connectivity index (χ2n) is 4.92. The number of nitrogens with one attached hydrogen (secondary N) is 1. The van der Waals surface area contributed by atoms with E-state index < -0.39 is 0 Å². The monoisotopic (exact) mass is 266 g/mol. The number of hydrogen-bond donors (Lipinski definition) is 1. The van der Waals surface area contributed by atoms with Crippen LogP contribution in [-0.4, -0.2) is 30.3 Å². The van der Waals surface area contributed by atoms with Gasteiger partial charge in [0.15, 0.2) is 0 Å². The van der Waals surface area contributed by atoms with Crippen molar-refractivity contribution in [2.45, 2.75) is 19.9 Å². The minimum atomic E-state index is -0.0529. The molecule has 1 aliphatic carbocycles. The van der Waals surface area contributed by atoms with Gasteiger partial charge < -0.3 is 10.2 Å². The smallest absolute Gasteiger partial charge is 0.242 e. The SMILES string of the molecule is C[C@@H]1C[C@@H]1C(=O)NCC(=O)N(C)Cc1ccsc1. The molecule has 5 heteroatoms. The molecule has 1 fully saturated rings. The van der Waals surface area contributed by atoms with Crippen molar-refractivity contribution in [1.82, 2.24) is 10.2 Å². The number of hydrogen-bond acceptors (Lipinski definition) is 3. The average molecular weight is 266 g/mol. The Kier molecular flexibility index (Phi) is 4.01. The predicted molar refractivity (Wildman–Crippen MR) is 71.1 cm³/mol. The van der Waals surface area contributed by atoms with Gasteiger partial charge in [-0.15, -0.1) is 0 Å². The van der Waals surface area contributed by atoms with E-state index in [1.165, 1.54) is 0 Å². The van der Waals surface area contributed by atoms with Gasteiger partial charge in [0.25, 0.3) is 0 Å². The summed E-state index contributed by atoms with van der Waals surface area (Å²) >= 11 is 1.62. The van der Waals surface area contributed by atoms with Crippen LogP contribution < -0.4 is 5.32 Å². The summed E-state index contributed by atoms with van der Waals surface area (Å²) in [5, 5.41) is 6.72. The van der Waals surface area contributed by atoms with Gasteiger partial charge in [0.2, 0.25) is 11.8 Å². The molecule has 1 N–H and O–H groups in total. The highest BCUT2D eigenvalue weighted by molar-refractivity contribution is 7.07. The average Bonchev–Trinajstić information content (AvgIpc) is 2.86. The molecule has 1 aromatic heterocycles. The molecule has 1 saturated carbocycles. The number of thiophene rings is 1. The highest BCUT2D eigenvalue weighted by Crippen LogP contribution is 2.37. The van der Waals surface area contributed by atoms with Gasteiger partial charge in [-0.05, 0) is 34.7 Å². The van der Waals surface area contributed by atoms with Gasteiger partial charge in [-0.2, -0.15) is 11.3 Å². The molecule has 0 aromatic carbocycles. The normalized spacial score (nSPS) is 21.4. The maximum atomic E-state index is 11.8. The van der Waals surface area contributed by atoms with Gasteiger partial charge in [-0.3, -0.25) is 9.59 Å². The van der Waals surface area contributed by atoms with Crippen molar-refractivity contribution in [3.8, 4) is 0 Å². The Morgan fingerprint density at radius 2 is 2.28 bits per heavy atom. The van der Waals surface area contributed by atoms with Crippen molar-refractivity contribution in [3.63, 3.8) is 0 Å². The Hall–Kier alpha value is -1.36. The number of carbonyl (C=O) groups is 2. The van der Waals surface area contributed by atoms with E-state index in [0.717, 1.165) is 12.0 Å². The number of rotatable bonds is 5. The maximum absolute atomic E-state index is 11.8. The van der Waals surface area contributed by atoms with Crippen LogP contribution in [0.15, 0.2) is 16.8 Å². The molecule has 0 spiro atoms. The maximum Gasteiger partial charge on any atom is 0.242 e.